The molecule has 0 radical (unpaired) electrons. The molecule has 24 heavy (non-hydrogen) atoms. The molecule has 2 aliphatic rings. The smallest absolute Gasteiger partial charge is 0.120 e. The minimum atomic E-state index is 0.126. The highest BCUT2D eigenvalue weighted by atomic mass is 16.5. The van der Waals surface area contributed by atoms with E-state index in [1.807, 2.05) is 24.3 Å². The summed E-state index contributed by atoms with van der Waals surface area (Å²) in [5.74, 6) is 2.10. The van der Waals surface area contributed by atoms with Crippen LogP contribution in [0.2, 0.25) is 0 Å². The molecule has 3 unspecified atom stereocenters. The van der Waals surface area contributed by atoms with E-state index in [1.165, 1.54) is 5.56 Å². The molecule has 0 aromatic heterocycles. The van der Waals surface area contributed by atoms with Crippen LogP contribution < -0.4 is 10.1 Å². The summed E-state index contributed by atoms with van der Waals surface area (Å²) in [6.07, 6.45) is 6.60. The zero-order chi connectivity index (χ0) is 16.5. The summed E-state index contributed by atoms with van der Waals surface area (Å²) in [5.41, 5.74) is 3.42. The van der Waals surface area contributed by atoms with Gasteiger partial charge < -0.3 is 15.2 Å². The van der Waals surface area contributed by atoms with Crippen molar-refractivity contribution in [1.82, 2.24) is 0 Å². The maximum atomic E-state index is 10.3. The number of para-hydroxylation sites is 1. The Labute approximate surface area is 143 Å². The summed E-state index contributed by atoms with van der Waals surface area (Å²) in [6.45, 7) is 2.86. The van der Waals surface area contributed by atoms with E-state index >= 15 is 0 Å². The van der Waals surface area contributed by atoms with Crippen LogP contribution in [-0.4, -0.2) is 11.7 Å². The van der Waals surface area contributed by atoms with Crippen LogP contribution in [0.3, 0.4) is 0 Å². The molecule has 3 atom stereocenters. The summed E-state index contributed by atoms with van der Waals surface area (Å²) in [7, 11) is 0. The number of phenolic OH excluding ortho intramolecular Hbond substituents is 1. The number of nitrogens with one attached hydrogen (secondary N) is 1. The average molecular weight is 321 g/mol. The third-order valence-electron chi connectivity index (χ3n) is 5.08. The van der Waals surface area contributed by atoms with Gasteiger partial charge in [0.25, 0.3) is 0 Å². The lowest BCUT2D eigenvalue weighted by molar-refractivity contribution is 0.316. The molecule has 3 heteroatoms. The van der Waals surface area contributed by atoms with Gasteiger partial charge in [-0.15, -0.1) is 0 Å². The Bertz CT molecular complexity index is 768. The van der Waals surface area contributed by atoms with Gasteiger partial charge in [-0.1, -0.05) is 37.3 Å². The summed E-state index contributed by atoms with van der Waals surface area (Å²) < 4.78 is 5.81. The first kappa shape index (κ1) is 15.1. The monoisotopic (exact) mass is 321 g/mol. The zero-order valence-electron chi connectivity index (χ0n) is 13.9. The Hall–Kier alpha value is -2.42. The SMILES string of the molecule is CCCOc1ccc2c(c1)C1C=CCC1C(c1ccccc1O)N2. The molecule has 4 rings (SSSR count). The van der Waals surface area contributed by atoms with Gasteiger partial charge in [0, 0.05) is 17.2 Å². The molecular weight excluding hydrogens is 298 g/mol. The predicted molar refractivity (Wildman–Crippen MR) is 96.7 cm³/mol. The number of hydrogen-bond donors (Lipinski definition) is 2. The fraction of sp³-hybridized carbons (Fsp3) is 0.333. The van der Waals surface area contributed by atoms with Crippen LogP contribution in [0.25, 0.3) is 0 Å². The van der Waals surface area contributed by atoms with Gasteiger partial charge in [-0.05, 0) is 48.6 Å². The standard InChI is InChI=1S/C21H23NO2/c1-2-12-24-14-10-11-19-18(13-14)15-7-5-8-16(15)21(22-19)17-6-3-4-9-20(17)23/h3-7,9-11,13,15-16,21-23H,2,8,12H2,1H3. The molecule has 0 fully saturated rings. The largest absolute Gasteiger partial charge is 0.508 e. The van der Waals surface area contributed by atoms with Crippen molar-refractivity contribution in [2.75, 3.05) is 11.9 Å². The number of phenols is 1. The fourth-order valence-electron chi connectivity index (χ4n) is 3.94. The van der Waals surface area contributed by atoms with Crippen molar-refractivity contribution in [3.05, 3.63) is 65.7 Å². The second-order valence-electron chi connectivity index (χ2n) is 6.63. The first-order chi connectivity index (χ1) is 11.8. The summed E-state index contributed by atoms with van der Waals surface area (Å²) in [4.78, 5) is 0. The maximum Gasteiger partial charge on any atom is 0.120 e. The van der Waals surface area contributed by atoms with E-state index in [0.717, 1.165) is 36.4 Å². The number of benzene rings is 2. The minimum Gasteiger partial charge on any atom is -0.508 e. The van der Waals surface area contributed by atoms with Gasteiger partial charge in [-0.25, -0.2) is 0 Å². The molecule has 1 aliphatic heterocycles. The normalized spacial score (nSPS) is 24.1. The van der Waals surface area contributed by atoms with E-state index in [0.29, 0.717) is 17.6 Å². The van der Waals surface area contributed by atoms with Crippen molar-refractivity contribution in [3.8, 4) is 11.5 Å². The lowest BCUT2D eigenvalue weighted by Crippen LogP contribution is -2.29. The van der Waals surface area contributed by atoms with Crippen molar-refractivity contribution >= 4 is 5.69 Å². The van der Waals surface area contributed by atoms with Crippen LogP contribution in [0, 0.1) is 5.92 Å². The molecule has 2 aromatic carbocycles. The number of ether oxygens (including phenoxy) is 1. The van der Waals surface area contributed by atoms with Gasteiger partial charge in [0.05, 0.1) is 12.6 Å². The molecule has 1 heterocycles. The van der Waals surface area contributed by atoms with Crippen LogP contribution in [0.1, 0.15) is 42.9 Å². The van der Waals surface area contributed by atoms with E-state index in [9.17, 15) is 5.11 Å². The topological polar surface area (TPSA) is 41.5 Å². The highest BCUT2D eigenvalue weighted by Gasteiger charge is 2.38. The molecular formula is C21H23NO2. The zero-order valence-corrected chi connectivity index (χ0v) is 13.9. The fourth-order valence-corrected chi connectivity index (χ4v) is 3.94. The molecule has 0 spiro atoms. The summed E-state index contributed by atoms with van der Waals surface area (Å²) in [5, 5.41) is 13.9. The molecule has 0 saturated heterocycles. The van der Waals surface area contributed by atoms with Crippen molar-refractivity contribution in [3.63, 3.8) is 0 Å². The van der Waals surface area contributed by atoms with Crippen molar-refractivity contribution in [2.24, 2.45) is 5.92 Å². The molecule has 0 bridgehead atoms. The number of allylic oxidation sites excluding steroid dienone is 2. The highest BCUT2D eigenvalue weighted by Crippen LogP contribution is 2.51. The predicted octanol–water partition coefficient (Wildman–Crippen LogP) is 5.01. The quantitative estimate of drug-likeness (QED) is 0.778. The first-order valence-electron chi connectivity index (χ1n) is 8.75. The van der Waals surface area contributed by atoms with Gasteiger partial charge in [0.1, 0.15) is 11.5 Å². The third-order valence-corrected chi connectivity index (χ3v) is 5.08. The summed E-state index contributed by atoms with van der Waals surface area (Å²) >= 11 is 0. The maximum absolute atomic E-state index is 10.3. The van der Waals surface area contributed by atoms with Gasteiger partial charge in [-0.3, -0.25) is 0 Å². The van der Waals surface area contributed by atoms with E-state index < -0.39 is 0 Å². The molecule has 0 amide bonds. The van der Waals surface area contributed by atoms with E-state index in [1.54, 1.807) is 6.07 Å². The highest BCUT2D eigenvalue weighted by molar-refractivity contribution is 5.62. The second-order valence-corrected chi connectivity index (χ2v) is 6.63. The number of aromatic hydroxyl groups is 1. The van der Waals surface area contributed by atoms with Gasteiger partial charge in [0.2, 0.25) is 0 Å². The molecule has 2 N–H and O–H groups in total. The van der Waals surface area contributed by atoms with Crippen LogP contribution in [0.5, 0.6) is 11.5 Å². The number of rotatable bonds is 4. The van der Waals surface area contributed by atoms with Crippen LogP contribution in [0.4, 0.5) is 5.69 Å². The third kappa shape index (κ3) is 2.54. The Balaban J connectivity index is 1.71. The van der Waals surface area contributed by atoms with E-state index in [-0.39, 0.29) is 6.04 Å². The molecule has 1 aliphatic carbocycles. The number of anilines is 1. The van der Waals surface area contributed by atoms with Gasteiger partial charge >= 0.3 is 0 Å². The lowest BCUT2D eigenvalue weighted by atomic mass is 9.77. The van der Waals surface area contributed by atoms with Crippen LogP contribution in [-0.2, 0) is 0 Å². The Kier molecular flexibility index (Phi) is 3.93. The summed E-state index contributed by atoms with van der Waals surface area (Å²) in [6, 6.07) is 14.1. The van der Waals surface area contributed by atoms with Gasteiger partial charge in [-0.2, -0.15) is 0 Å². The average Bonchev–Trinajstić information content (AvgIpc) is 3.10. The molecule has 3 nitrogen and oxygen atoms in total. The molecule has 0 saturated carbocycles. The van der Waals surface area contributed by atoms with Crippen LogP contribution >= 0.6 is 0 Å². The van der Waals surface area contributed by atoms with Crippen LogP contribution in [0.15, 0.2) is 54.6 Å². The number of fused-ring (bicyclic) bond motifs is 3. The van der Waals surface area contributed by atoms with Gasteiger partial charge in [0.15, 0.2) is 0 Å². The number of hydrogen-bond acceptors (Lipinski definition) is 3. The minimum absolute atomic E-state index is 0.126. The second kappa shape index (κ2) is 6.23. The van der Waals surface area contributed by atoms with Crippen molar-refractivity contribution in [1.29, 1.82) is 0 Å². The Morgan fingerprint density at radius 2 is 2.04 bits per heavy atom. The van der Waals surface area contributed by atoms with E-state index in [4.69, 9.17) is 4.74 Å². The lowest BCUT2D eigenvalue weighted by Gasteiger charge is -2.37. The molecule has 2 aromatic rings. The Morgan fingerprint density at radius 3 is 2.88 bits per heavy atom. The van der Waals surface area contributed by atoms with E-state index in [2.05, 4.69) is 36.5 Å². The molecule has 124 valence electrons. The Morgan fingerprint density at radius 1 is 1.17 bits per heavy atom. The first-order valence-corrected chi connectivity index (χ1v) is 8.75. The van der Waals surface area contributed by atoms with Crippen molar-refractivity contribution in [2.45, 2.75) is 31.7 Å². The van der Waals surface area contributed by atoms with Crippen molar-refractivity contribution < 1.29 is 9.84 Å².